The molecule has 17 heavy (non-hydrogen) atoms. The lowest BCUT2D eigenvalue weighted by atomic mass is 10.1. The number of aromatic nitrogens is 1. The van der Waals surface area contributed by atoms with Crippen molar-refractivity contribution in [3.63, 3.8) is 0 Å². The molecule has 2 rings (SSSR count). The lowest BCUT2D eigenvalue weighted by Gasteiger charge is -2.19. The summed E-state index contributed by atoms with van der Waals surface area (Å²) in [7, 11) is 1.82. The maximum atomic E-state index is 11.9. The predicted molar refractivity (Wildman–Crippen MR) is 66.0 cm³/mol. The van der Waals surface area contributed by atoms with E-state index in [1.807, 2.05) is 19.2 Å². The molecule has 4 nitrogen and oxygen atoms in total. The minimum atomic E-state index is 0.0439. The highest BCUT2D eigenvalue weighted by molar-refractivity contribution is 5.76. The quantitative estimate of drug-likeness (QED) is 0.830. The van der Waals surface area contributed by atoms with Crippen LogP contribution >= 0.6 is 0 Å². The van der Waals surface area contributed by atoms with Crippen molar-refractivity contribution < 1.29 is 4.79 Å². The number of nitrogens with two attached hydrogens (primary N) is 1. The van der Waals surface area contributed by atoms with E-state index in [9.17, 15) is 4.79 Å². The van der Waals surface area contributed by atoms with Crippen LogP contribution in [0.3, 0.4) is 0 Å². The zero-order valence-electron chi connectivity index (χ0n) is 10.2. The number of nitrogens with zero attached hydrogens (tertiary/aromatic N) is 2. The highest BCUT2D eigenvalue weighted by Crippen LogP contribution is 2.32. The van der Waals surface area contributed by atoms with Crippen LogP contribution in [0.15, 0.2) is 24.5 Å². The second-order valence-corrected chi connectivity index (χ2v) is 4.81. The van der Waals surface area contributed by atoms with Crippen LogP contribution in [-0.2, 0) is 11.3 Å². The molecule has 0 spiro atoms. The SMILES string of the molecule is CN(Cc1ccncc1)C(=O)CC(N)C1CC1. The molecular weight excluding hydrogens is 214 g/mol. The molecule has 1 aromatic heterocycles. The van der Waals surface area contributed by atoms with Gasteiger partial charge in [0.25, 0.3) is 0 Å². The van der Waals surface area contributed by atoms with Crippen LogP contribution in [0.5, 0.6) is 0 Å². The summed E-state index contributed by atoms with van der Waals surface area (Å²) >= 11 is 0. The van der Waals surface area contributed by atoms with E-state index in [4.69, 9.17) is 5.73 Å². The summed E-state index contributed by atoms with van der Waals surface area (Å²) in [6, 6.07) is 3.89. The van der Waals surface area contributed by atoms with Crippen molar-refractivity contribution >= 4 is 5.91 Å². The molecule has 0 bridgehead atoms. The lowest BCUT2D eigenvalue weighted by Crippen LogP contribution is -2.34. The Labute approximate surface area is 102 Å². The summed E-state index contributed by atoms with van der Waals surface area (Å²) in [6.07, 6.45) is 6.31. The standard InChI is InChI=1S/C13H19N3O/c1-16(9-10-4-6-15-7-5-10)13(17)8-12(14)11-2-3-11/h4-7,11-12H,2-3,8-9,14H2,1H3. The number of carbonyl (C=O) groups is 1. The first kappa shape index (κ1) is 12.0. The largest absolute Gasteiger partial charge is 0.341 e. The van der Waals surface area contributed by atoms with Crippen LogP contribution < -0.4 is 5.73 Å². The summed E-state index contributed by atoms with van der Waals surface area (Å²) in [5.74, 6) is 0.703. The number of carbonyl (C=O) groups excluding carboxylic acids is 1. The van der Waals surface area contributed by atoms with Gasteiger partial charge in [-0.05, 0) is 36.5 Å². The van der Waals surface area contributed by atoms with Crippen molar-refractivity contribution in [1.82, 2.24) is 9.88 Å². The summed E-state index contributed by atoms with van der Waals surface area (Å²) in [5, 5.41) is 0. The first-order chi connectivity index (χ1) is 8.16. The molecule has 1 amide bonds. The Hall–Kier alpha value is -1.42. The van der Waals surface area contributed by atoms with E-state index in [0.29, 0.717) is 18.9 Å². The van der Waals surface area contributed by atoms with Crippen LogP contribution in [0.1, 0.15) is 24.8 Å². The van der Waals surface area contributed by atoms with Gasteiger partial charge in [0.05, 0.1) is 0 Å². The van der Waals surface area contributed by atoms with Gasteiger partial charge in [-0.1, -0.05) is 0 Å². The van der Waals surface area contributed by atoms with Crippen molar-refractivity contribution in [3.8, 4) is 0 Å². The smallest absolute Gasteiger partial charge is 0.224 e. The molecule has 2 N–H and O–H groups in total. The molecule has 1 fully saturated rings. The minimum absolute atomic E-state index is 0.0439. The summed E-state index contributed by atoms with van der Waals surface area (Å²) in [4.78, 5) is 17.6. The van der Waals surface area contributed by atoms with Crippen molar-refractivity contribution in [1.29, 1.82) is 0 Å². The number of pyridine rings is 1. The van der Waals surface area contributed by atoms with Crippen molar-refractivity contribution in [2.24, 2.45) is 11.7 Å². The normalized spacial score (nSPS) is 16.6. The molecule has 92 valence electrons. The van der Waals surface area contributed by atoms with E-state index >= 15 is 0 Å². The van der Waals surface area contributed by atoms with E-state index in [-0.39, 0.29) is 11.9 Å². The summed E-state index contributed by atoms with van der Waals surface area (Å²) in [5.41, 5.74) is 7.05. The molecule has 1 aliphatic carbocycles. The maximum Gasteiger partial charge on any atom is 0.224 e. The van der Waals surface area contributed by atoms with E-state index in [1.165, 1.54) is 12.8 Å². The Morgan fingerprint density at radius 1 is 1.53 bits per heavy atom. The number of rotatable bonds is 5. The molecule has 1 heterocycles. The van der Waals surface area contributed by atoms with Gasteiger partial charge in [-0.3, -0.25) is 9.78 Å². The third kappa shape index (κ3) is 3.53. The van der Waals surface area contributed by atoms with Crippen LogP contribution in [0.25, 0.3) is 0 Å². The Bertz CT molecular complexity index is 376. The fourth-order valence-corrected chi connectivity index (χ4v) is 1.90. The van der Waals surface area contributed by atoms with Gasteiger partial charge in [-0.15, -0.1) is 0 Å². The molecule has 1 aliphatic rings. The van der Waals surface area contributed by atoms with Gasteiger partial charge < -0.3 is 10.6 Å². The molecule has 0 aromatic carbocycles. The monoisotopic (exact) mass is 233 g/mol. The molecule has 4 heteroatoms. The Morgan fingerprint density at radius 3 is 2.76 bits per heavy atom. The van der Waals surface area contributed by atoms with Crippen LogP contribution in [-0.4, -0.2) is 28.9 Å². The molecule has 1 aromatic rings. The number of hydrogen-bond donors (Lipinski definition) is 1. The zero-order valence-corrected chi connectivity index (χ0v) is 10.2. The first-order valence-electron chi connectivity index (χ1n) is 6.05. The lowest BCUT2D eigenvalue weighted by molar-refractivity contribution is -0.130. The molecule has 0 radical (unpaired) electrons. The van der Waals surface area contributed by atoms with Gasteiger partial charge in [0, 0.05) is 38.4 Å². The van der Waals surface area contributed by atoms with Gasteiger partial charge in [0.15, 0.2) is 0 Å². The number of amides is 1. The van der Waals surface area contributed by atoms with Gasteiger partial charge in [0.1, 0.15) is 0 Å². The van der Waals surface area contributed by atoms with Crippen LogP contribution in [0.4, 0.5) is 0 Å². The predicted octanol–water partition coefficient (Wildman–Crippen LogP) is 1.17. The summed E-state index contributed by atoms with van der Waals surface area (Å²) in [6.45, 7) is 0.624. The molecule has 0 saturated heterocycles. The Kier molecular flexibility index (Phi) is 3.74. The van der Waals surface area contributed by atoms with Gasteiger partial charge in [-0.2, -0.15) is 0 Å². The van der Waals surface area contributed by atoms with E-state index in [2.05, 4.69) is 4.98 Å². The Morgan fingerprint density at radius 2 is 2.18 bits per heavy atom. The van der Waals surface area contributed by atoms with Crippen molar-refractivity contribution in [2.75, 3.05) is 7.05 Å². The van der Waals surface area contributed by atoms with E-state index in [1.54, 1.807) is 17.3 Å². The third-order valence-electron chi connectivity index (χ3n) is 3.23. The van der Waals surface area contributed by atoms with Gasteiger partial charge in [-0.25, -0.2) is 0 Å². The second kappa shape index (κ2) is 5.27. The molecule has 1 unspecified atom stereocenters. The van der Waals surface area contributed by atoms with E-state index < -0.39 is 0 Å². The summed E-state index contributed by atoms with van der Waals surface area (Å²) < 4.78 is 0. The molecule has 1 saturated carbocycles. The molecular formula is C13H19N3O. The first-order valence-corrected chi connectivity index (χ1v) is 6.05. The van der Waals surface area contributed by atoms with Crippen molar-refractivity contribution in [3.05, 3.63) is 30.1 Å². The highest BCUT2D eigenvalue weighted by Gasteiger charge is 2.30. The molecule has 1 atom stereocenters. The van der Waals surface area contributed by atoms with Gasteiger partial charge in [0.2, 0.25) is 5.91 Å². The fraction of sp³-hybridized carbons (Fsp3) is 0.538. The fourth-order valence-electron chi connectivity index (χ4n) is 1.90. The molecule has 0 aliphatic heterocycles. The average molecular weight is 233 g/mol. The third-order valence-corrected chi connectivity index (χ3v) is 3.23. The minimum Gasteiger partial charge on any atom is -0.341 e. The Balaban J connectivity index is 1.82. The average Bonchev–Trinajstić information content (AvgIpc) is 3.14. The zero-order chi connectivity index (χ0) is 12.3. The van der Waals surface area contributed by atoms with Gasteiger partial charge >= 0.3 is 0 Å². The van der Waals surface area contributed by atoms with Crippen LogP contribution in [0, 0.1) is 5.92 Å². The topological polar surface area (TPSA) is 59.2 Å². The highest BCUT2D eigenvalue weighted by atomic mass is 16.2. The number of hydrogen-bond acceptors (Lipinski definition) is 3. The van der Waals surface area contributed by atoms with Crippen molar-refractivity contribution in [2.45, 2.75) is 31.8 Å². The second-order valence-electron chi connectivity index (χ2n) is 4.81. The van der Waals surface area contributed by atoms with E-state index in [0.717, 1.165) is 5.56 Å². The van der Waals surface area contributed by atoms with Crippen LogP contribution in [0.2, 0.25) is 0 Å². The maximum absolute atomic E-state index is 11.9.